The Morgan fingerprint density at radius 3 is 2.24 bits per heavy atom. The molecule has 3 aromatic carbocycles. The highest BCUT2D eigenvalue weighted by molar-refractivity contribution is 7.89. The summed E-state index contributed by atoms with van der Waals surface area (Å²) in [7, 11) is -3.52. The number of hydrogen-bond acceptors (Lipinski definition) is 4. The molecule has 0 radical (unpaired) electrons. The smallest absolute Gasteiger partial charge is 0.240 e. The third-order valence-electron chi connectivity index (χ3n) is 7.00. The molecule has 1 aliphatic carbocycles. The highest BCUT2D eigenvalue weighted by atomic mass is 32.2. The van der Waals surface area contributed by atoms with Crippen LogP contribution < -0.4 is 10.0 Å². The maximum absolute atomic E-state index is 12.8. The minimum atomic E-state index is -3.52. The van der Waals surface area contributed by atoms with Crippen molar-refractivity contribution in [3.8, 4) is 11.1 Å². The number of hydrogen-bond donors (Lipinski definition) is 2. The Labute approximate surface area is 203 Å². The fraction of sp³-hybridized carbons (Fsp3) is 0.357. The molecule has 3 aromatic rings. The van der Waals surface area contributed by atoms with Crippen molar-refractivity contribution in [3.63, 3.8) is 0 Å². The second kappa shape index (κ2) is 10.4. The molecule has 5 nitrogen and oxygen atoms in total. The van der Waals surface area contributed by atoms with Crippen LogP contribution in [-0.4, -0.2) is 45.5 Å². The van der Waals surface area contributed by atoms with E-state index in [1.807, 2.05) is 12.1 Å². The van der Waals surface area contributed by atoms with Gasteiger partial charge < -0.3 is 10.2 Å². The predicted molar refractivity (Wildman–Crippen MR) is 137 cm³/mol. The van der Waals surface area contributed by atoms with Gasteiger partial charge in [0, 0.05) is 25.7 Å². The SMILES string of the molecule is O=S(=O)(NCCN1CCCC1)c1cccc(-c2ccc(CNC3Cc4ccccc4C3)cc2)c1. The third kappa shape index (κ3) is 5.58. The van der Waals surface area contributed by atoms with Crippen LogP contribution in [0.25, 0.3) is 11.1 Å². The van der Waals surface area contributed by atoms with E-state index in [0.717, 1.165) is 50.1 Å². The minimum Gasteiger partial charge on any atom is -0.309 e. The molecular formula is C28H33N3O2S. The van der Waals surface area contributed by atoms with Gasteiger partial charge in [-0.25, -0.2) is 13.1 Å². The predicted octanol–water partition coefficient (Wildman–Crippen LogP) is 3.98. The zero-order valence-electron chi connectivity index (χ0n) is 19.5. The Morgan fingerprint density at radius 1 is 0.824 bits per heavy atom. The van der Waals surface area contributed by atoms with Crippen molar-refractivity contribution in [2.24, 2.45) is 0 Å². The molecule has 0 saturated carbocycles. The number of likely N-dealkylation sites (tertiary alicyclic amines) is 1. The molecule has 2 aliphatic rings. The van der Waals surface area contributed by atoms with E-state index in [1.165, 1.54) is 29.5 Å². The molecule has 0 spiro atoms. The normalized spacial score (nSPS) is 16.7. The van der Waals surface area contributed by atoms with Crippen molar-refractivity contribution in [3.05, 3.63) is 89.5 Å². The Kier molecular flexibility index (Phi) is 7.11. The molecule has 1 saturated heterocycles. The van der Waals surface area contributed by atoms with Crippen LogP contribution >= 0.6 is 0 Å². The summed E-state index contributed by atoms with van der Waals surface area (Å²) in [5.41, 5.74) is 6.07. The highest BCUT2D eigenvalue weighted by Crippen LogP contribution is 2.24. The molecule has 5 rings (SSSR count). The van der Waals surface area contributed by atoms with E-state index in [1.54, 1.807) is 12.1 Å². The van der Waals surface area contributed by atoms with Crippen LogP contribution in [0.3, 0.4) is 0 Å². The first-order valence-electron chi connectivity index (χ1n) is 12.3. The average Bonchev–Trinajstić information content (AvgIpc) is 3.53. The van der Waals surface area contributed by atoms with Crippen molar-refractivity contribution in [1.29, 1.82) is 0 Å². The van der Waals surface area contributed by atoms with Crippen LogP contribution in [0.2, 0.25) is 0 Å². The van der Waals surface area contributed by atoms with E-state index in [-0.39, 0.29) is 0 Å². The quantitative estimate of drug-likeness (QED) is 0.491. The molecule has 0 amide bonds. The highest BCUT2D eigenvalue weighted by Gasteiger charge is 2.20. The van der Waals surface area contributed by atoms with Gasteiger partial charge in [-0.15, -0.1) is 0 Å². The van der Waals surface area contributed by atoms with E-state index in [2.05, 4.69) is 63.5 Å². The van der Waals surface area contributed by atoms with Gasteiger partial charge >= 0.3 is 0 Å². The van der Waals surface area contributed by atoms with Crippen LogP contribution in [0.1, 0.15) is 29.5 Å². The van der Waals surface area contributed by atoms with Crippen LogP contribution in [-0.2, 0) is 29.4 Å². The van der Waals surface area contributed by atoms with E-state index >= 15 is 0 Å². The molecule has 34 heavy (non-hydrogen) atoms. The summed E-state index contributed by atoms with van der Waals surface area (Å²) in [5.74, 6) is 0. The van der Waals surface area contributed by atoms with Crippen LogP contribution in [0.5, 0.6) is 0 Å². The summed E-state index contributed by atoms with van der Waals surface area (Å²) < 4.78 is 28.4. The second-order valence-electron chi connectivity index (χ2n) is 9.43. The Bertz CT molecular complexity index is 1190. The monoisotopic (exact) mass is 475 g/mol. The summed E-state index contributed by atoms with van der Waals surface area (Å²) in [5, 5.41) is 3.68. The van der Waals surface area contributed by atoms with E-state index in [9.17, 15) is 8.42 Å². The molecule has 0 atom stereocenters. The van der Waals surface area contributed by atoms with E-state index < -0.39 is 10.0 Å². The van der Waals surface area contributed by atoms with Gasteiger partial charge in [0.2, 0.25) is 10.0 Å². The van der Waals surface area contributed by atoms with Crippen molar-refractivity contribution < 1.29 is 8.42 Å². The fourth-order valence-electron chi connectivity index (χ4n) is 5.05. The molecule has 6 heteroatoms. The second-order valence-corrected chi connectivity index (χ2v) is 11.2. The summed E-state index contributed by atoms with van der Waals surface area (Å²) >= 11 is 0. The fourth-order valence-corrected chi connectivity index (χ4v) is 6.12. The zero-order chi connectivity index (χ0) is 23.4. The molecular weight excluding hydrogens is 442 g/mol. The van der Waals surface area contributed by atoms with Crippen LogP contribution in [0, 0.1) is 0 Å². The Morgan fingerprint density at radius 2 is 1.53 bits per heavy atom. The summed E-state index contributed by atoms with van der Waals surface area (Å²) in [6.07, 6.45) is 4.58. The lowest BCUT2D eigenvalue weighted by Crippen LogP contribution is -2.33. The molecule has 1 fully saturated rings. The van der Waals surface area contributed by atoms with Gasteiger partial charge in [-0.05, 0) is 78.7 Å². The van der Waals surface area contributed by atoms with Crippen molar-refractivity contribution in [2.75, 3.05) is 26.2 Å². The number of nitrogens with zero attached hydrogens (tertiary/aromatic N) is 1. The Balaban J connectivity index is 1.18. The minimum absolute atomic E-state index is 0.318. The van der Waals surface area contributed by atoms with Crippen molar-refractivity contribution >= 4 is 10.0 Å². The molecule has 178 valence electrons. The topological polar surface area (TPSA) is 61.4 Å². The first-order valence-corrected chi connectivity index (χ1v) is 13.8. The average molecular weight is 476 g/mol. The number of benzene rings is 3. The molecule has 0 aromatic heterocycles. The van der Waals surface area contributed by atoms with Gasteiger partial charge in [0.15, 0.2) is 0 Å². The third-order valence-corrected chi connectivity index (χ3v) is 8.45. The maximum atomic E-state index is 12.8. The molecule has 1 heterocycles. The molecule has 0 bridgehead atoms. The van der Waals surface area contributed by atoms with Gasteiger partial charge in [-0.2, -0.15) is 0 Å². The van der Waals surface area contributed by atoms with Gasteiger partial charge in [-0.1, -0.05) is 60.7 Å². The largest absolute Gasteiger partial charge is 0.309 e. The first-order chi connectivity index (χ1) is 16.6. The van der Waals surface area contributed by atoms with Gasteiger partial charge in [-0.3, -0.25) is 0 Å². The lowest BCUT2D eigenvalue weighted by Gasteiger charge is -2.15. The van der Waals surface area contributed by atoms with E-state index in [4.69, 9.17) is 0 Å². The summed E-state index contributed by atoms with van der Waals surface area (Å²) in [6.45, 7) is 4.17. The summed E-state index contributed by atoms with van der Waals surface area (Å²) in [4.78, 5) is 2.62. The van der Waals surface area contributed by atoms with Crippen LogP contribution in [0.4, 0.5) is 0 Å². The number of nitrogens with one attached hydrogen (secondary N) is 2. The number of sulfonamides is 1. The molecule has 0 unspecified atom stereocenters. The van der Waals surface area contributed by atoms with Crippen molar-refractivity contribution in [2.45, 2.75) is 43.2 Å². The van der Waals surface area contributed by atoms with Gasteiger partial charge in [0.1, 0.15) is 0 Å². The van der Waals surface area contributed by atoms with Crippen LogP contribution in [0.15, 0.2) is 77.7 Å². The standard InChI is InChI=1S/C28H33N3O2S/c32-34(33,30-14-17-31-15-3-4-16-31)28-9-5-8-26(20-28)23-12-10-22(11-13-23)21-29-27-18-24-6-1-2-7-25(24)19-27/h1-2,5-13,20,27,29-30H,3-4,14-19,21H2. The maximum Gasteiger partial charge on any atom is 0.240 e. The summed E-state index contributed by atoms with van der Waals surface area (Å²) in [6, 6.07) is 24.8. The van der Waals surface area contributed by atoms with E-state index in [0.29, 0.717) is 17.5 Å². The molecule has 1 aliphatic heterocycles. The van der Waals surface area contributed by atoms with Gasteiger partial charge in [0.05, 0.1) is 4.90 Å². The molecule has 2 N–H and O–H groups in total. The zero-order valence-corrected chi connectivity index (χ0v) is 20.4. The van der Waals surface area contributed by atoms with Gasteiger partial charge in [0.25, 0.3) is 0 Å². The Hall–Kier alpha value is -2.51. The number of fused-ring (bicyclic) bond motifs is 1. The van der Waals surface area contributed by atoms with Crippen molar-refractivity contribution in [1.82, 2.24) is 14.9 Å². The lowest BCUT2D eigenvalue weighted by atomic mass is 10.0. The number of rotatable bonds is 9. The first kappa shape index (κ1) is 23.2. The lowest BCUT2D eigenvalue weighted by molar-refractivity contribution is 0.344.